The van der Waals surface area contributed by atoms with Gasteiger partial charge < -0.3 is 19.1 Å². The molecule has 170 valence electrons. The van der Waals surface area contributed by atoms with Gasteiger partial charge in [-0.3, -0.25) is 0 Å². The average Bonchev–Trinajstić information content (AvgIpc) is 3.12. The van der Waals surface area contributed by atoms with Gasteiger partial charge >= 0.3 is 6.09 Å². The van der Waals surface area contributed by atoms with E-state index in [9.17, 15) is 4.79 Å². The van der Waals surface area contributed by atoms with E-state index in [1.807, 2.05) is 31.7 Å². The average molecular weight is 499 g/mol. The molecule has 7 heteroatoms. The Bertz CT molecular complexity index is 1080. The standard InChI is InChI=1S/C25H31BrN4O2/c1-25(2,3)32-24(31)29-15-13-20(14-16-29)28(4)23-27-21-7-5-6-8-22(21)30(23)17-18-9-11-19(26)12-10-18/h5-12,20H,13-17H2,1-4H3. The summed E-state index contributed by atoms with van der Waals surface area (Å²) in [5.74, 6) is 0.963. The van der Waals surface area contributed by atoms with Crippen molar-refractivity contribution in [3.63, 3.8) is 0 Å². The first kappa shape index (κ1) is 22.6. The molecule has 1 aromatic heterocycles. The molecule has 2 aromatic carbocycles. The predicted molar refractivity (Wildman–Crippen MR) is 132 cm³/mol. The number of piperidine rings is 1. The maximum absolute atomic E-state index is 12.4. The number of anilines is 1. The van der Waals surface area contributed by atoms with Gasteiger partial charge in [0.15, 0.2) is 0 Å². The summed E-state index contributed by atoms with van der Waals surface area (Å²) in [6, 6.07) is 17.0. The molecule has 6 nitrogen and oxygen atoms in total. The Morgan fingerprint density at radius 2 is 1.78 bits per heavy atom. The van der Waals surface area contributed by atoms with E-state index in [4.69, 9.17) is 9.72 Å². The van der Waals surface area contributed by atoms with Crippen LogP contribution >= 0.6 is 15.9 Å². The van der Waals surface area contributed by atoms with E-state index < -0.39 is 5.60 Å². The van der Waals surface area contributed by atoms with Crippen molar-refractivity contribution in [2.75, 3.05) is 25.0 Å². The van der Waals surface area contributed by atoms with Gasteiger partial charge in [0.1, 0.15) is 5.60 Å². The molecule has 1 amide bonds. The summed E-state index contributed by atoms with van der Waals surface area (Å²) < 4.78 is 8.91. The monoisotopic (exact) mass is 498 g/mol. The molecule has 3 aromatic rings. The Kier molecular flexibility index (Phi) is 6.47. The minimum atomic E-state index is -0.470. The van der Waals surface area contributed by atoms with Crippen LogP contribution in [0.5, 0.6) is 0 Å². The Hall–Kier alpha value is -2.54. The first-order chi connectivity index (χ1) is 15.2. The van der Waals surface area contributed by atoms with E-state index >= 15 is 0 Å². The Morgan fingerprint density at radius 1 is 1.12 bits per heavy atom. The number of fused-ring (bicyclic) bond motifs is 1. The van der Waals surface area contributed by atoms with Crippen LogP contribution in [0.2, 0.25) is 0 Å². The number of carbonyl (C=O) groups is 1. The number of imidazole rings is 1. The van der Waals surface area contributed by atoms with Crippen molar-refractivity contribution in [2.24, 2.45) is 0 Å². The van der Waals surface area contributed by atoms with E-state index in [0.717, 1.165) is 40.8 Å². The molecular formula is C25H31BrN4O2. The van der Waals surface area contributed by atoms with Crippen LogP contribution in [0.25, 0.3) is 11.0 Å². The quantitative estimate of drug-likeness (QED) is 0.463. The van der Waals surface area contributed by atoms with E-state index in [1.165, 1.54) is 5.56 Å². The summed E-state index contributed by atoms with van der Waals surface area (Å²) in [4.78, 5) is 21.5. The zero-order chi connectivity index (χ0) is 22.9. The lowest BCUT2D eigenvalue weighted by molar-refractivity contribution is 0.0205. The van der Waals surface area contributed by atoms with Crippen LogP contribution in [-0.2, 0) is 11.3 Å². The second-order valence-corrected chi connectivity index (χ2v) is 10.3. The fraction of sp³-hybridized carbons (Fsp3) is 0.440. The smallest absolute Gasteiger partial charge is 0.410 e. The Balaban J connectivity index is 1.53. The molecule has 0 atom stereocenters. The number of benzene rings is 2. The third-order valence-corrected chi connectivity index (χ3v) is 6.40. The highest BCUT2D eigenvalue weighted by Crippen LogP contribution is 2.28. The number of carbonyl (C=O) groups excluding carboxylic acids is 1. The highest BCUT2D eigenvalue weighted by molar-refractivity contribution is 9.10. The third kappa shape index (κ3) is 5.09. The fourth-order valence-corrected chi connectivity index (χ4v) is 4.45. The van der Waals surface area contributed by atoms with Crippen molar-refractivity contribution in [2.45, 2.75) is 51.8 Å². The van der Waals surface area contributed by atoms with Crippen molar-refractivity contribution in [1.82, 2.24) is 14.5 Å². The highest BCUT2D eigenvalue weighted by Gasteiger charge is 2.30. The lowest BCUT2D eigenvalue weighted by Gasteiger charge is -2.37. The molecule has 0 aliphatic carbocycles. The van der Waals surface area contributed by atoms with Crippen molar-refractivity contribution >= 4 is 39.0 Å². The molecule has 0 spiro atoms. The Morgan fingerprint density at radius 3 is 2.44 bits per heavy atom. The maximum atomic E-state index is 12.4. The zero-order valence-electron chi connectivity index (χ0n) is 19.2. The number of amides is 1. The van der Waals surface area contributed by atoms with Gasteiger partial charge in [-0.05, 0) is 63.4 Å². The van der Waals surface area contributed by atoms with Gasteiger partial charge in [-0.15, -0.1) is 0 Å². The van der Waals surface area contributed by atoms with Crippen LogP contribution in [0, 0.1) is 0 Å². The number of nitrogens with zero attached hydrogens (tertiary/aromatic N) is 4. The van der Waals surface area contributed by atoms with Gasteiger partial charge in [-0.2, -0.15) is 0 Å². The van der Waals surface area contributed by atoms with E-state index in [0.29, 0.717) is 19.1 Å². The normalized spacial score (nSPS) is 15.2. The van der Waals surface area contributed by atoms with Gasteiger partial charge in [0.05, 0.1) is 17.6 Å². The molecule has 0 unspecified atom stereocenters. The molecule has 32 heavy (non-hydrogen) atoms. The minimum Gasteiger partial charge on any atom is -0.444 e. The molecule has 0 saturated carbocycles. The summed E-state index contributed by atoms with van der Waals surface area (Å²) in [7, 11) is 2.12. The molecule has 1 saturated heterocycles. The van der Waals surface area contributed by atoms with E-state index in [-0.39, 0.29) is 6.09 Å². The second kappa shape index (κ2) is 9.14. The summed E-state index contributed by atoms with van der Waals surface area (Å²) >= 11 is 3.52. The number of aromatic nitrogens is 2. The predicted octanol–water partition coefficient (Wildman–Crippen LogP) is 5.68. The number of ether oxygens (including phenoxy) is 1. The lowest BCUT2D eigenvalue weighted by atomic mass is 10.0. The largest absolute Gasteiger partial charge is 0.444 e. The number of hydrogen-bond donors (Lipinski definition) is 0. The molecule has 0 bridgehead atoms. The van der Waals surface area contributed by atoms with Crippen molar-refractivity contribution < 1.29 is 9.53 Å². The molecular weight excluding hydrogens is 468 g/mol. The molecule has 1 fully saturated rings. The third-order valence-electron chi connectivity index (χ3n) is 5.87. The summed E-state index contributed by atoms with van der Waals surface area (Å²) in [5.41, 5.74) is 2.88. The van der Waals surface area contributed by atoms with Crippen LogP contribution in [0.15, 0.2) is 53.0 Å². The van der Waals surface area contributed by atoms with Crippen LogP contribution in [0.3, 0.4) is 0 Å². The van der Waals surface area contributed by atoms with Crippen molar-refractivity contribution in [3.05, 3.63) is 58.6 Å². The summed E-state index contributed by atoms with van der Waals surface area (Å²) in [5, 5.41) is 0. The van der Waals surface area contributed by atoms with E-state index in [1.54, 1.807) is 0 Å². The van der Waals surface area contributed by atoms with E-state index in [2.05, 4.69) is 74.9 Å². The first-order valence-electron chi connectivity index (χ1n) is 11.1. The van der Waals surface area contributed by atoms with Crippen molar-refractivity contribution in [1.29, 1.82) is 0 Å². The number of hydrogen-bond acceptors (Lipinski definition) is 4. The maximum Gasteiger partial charge on any atom is 0.410 e. The van der Waals surface area contributed by atoms with Gasteiger partial charge in [0.25, 0.3) is 0 Å². The molecule has 0 N–H and O–H groups in total. The van der Waals surface area contributed by atoms with Gasteiger partial charge in [-0.1, -0.05) is 40.2 Å². The minimum absolute atomic E-state index is 0.221. The fourth-order valence-electron chi connectivity index (χ4n) is 4.19. The molecule has 4 rings (SSSR count). The van der Waals surface area contributed by atoms with Gasteiger partial charge in [0, 0.05) is 30.7 Å². The number of likely N-dealkylation sites (tertiary alicyclic amines) is 1. The van der Waals surface area contributed by atoms with Gasteiger partial charge in [-0.25, -0.2) is 9.78 Å². The van der Waals surface area contributed by atoms with Crippen molar-refractivity contribution in [3.8, 4) is 0 Å². The topological polar surface area (TPSA) is 50.6 Å². The molecule has 0 radical (unpaired) electrons. The number of halogens is 1. The van der Waals surface area contributed by atoms with Crippen LogP contribution in [0.4, 0.5) is 10.7 Å². The second-order valence-electron chi connectivity index (χ2n) is 9.42. The van der Waals surface area contributed by atoms with Gasteiger partial charge in [0.2, 0.25) is 5.95 Å². The number of rotatable bonds is 4. The Labute approximate surface area is 198 Å². The first-order valence-corrected chi connectivity index (χ1v) is 11.9. The lowest BCUT2D eigenvalue weighted by Crippen LogP contribution is -2.47. The summed E-state index contributed by atoms with van der Waals surface area (Å²) in [6.45, 7) is 7.85. The molecule has 1 aliphatic heterocycles. The van der Waals surface area contributed by atoms with Crippen LogP contribution in [-0.4, -0.2) is 52.3 Å². The SMILES string of the molecule is CN(c1nc2ccccc2n1Cc1ccc(Br)cc1)C1CCN(C(=O)OC(C)(C)C)CC1. The van der Waals surface area contributed by atoms with Crippen LogP contribution < -0.4 is 4.90 Å². The zero-order valence-corrected chi connectivity index (χ0v) is 20.8. The molecule has 2 heterocycles. The van der Waals surface area contributed by atoms with Crippen LogP contribution in [0.1, 0.15) is 39.2 Å². The highest BCUT2D eigenvalue weighted by atomic mass is 79.9. The number of para-hydroxylation sites is 2. The molecule has 1 aliphatic rings. The summed E-state index contributed by atoms with van der Waals surface area (Å²) in [6.07, 6.45) is 1.55.